The van der Waals surface area contributed by atoms with Gasteiger partial charge >= 0.3 is 0 Å². The summed E-state index contributed by atoms with van der Waals surface area (Å²) in [7, 11) is 2.08. The molecule has 1 aromatic rings. The number of hydrogen-bond donors (Lipinski definition) is 1. The molecule has 0 amide bonds. The molecule has 0 saturated heterocycles. The van der Waals surface area contributed by atoms with Gasteiger partial charge in [-0.25, -0.2) is 0 Å². The highest BCUT2D eigenvalue weighted by Crippen LogP contribution is 2.28. The van der Waals surface area contributed by atoms with E-state index in [1.165, 1.54) is 5.56 Å². The van der Waals surface area contributed by atoms with Gasteiger partial charge in [-0.3, -0.25) is 0 Å². The molecule has 0 radical (unpaired) electrons. The predicted molar refractivity (Wildman–Crippen MR) is 76.9 cm³/mol. The second-order valence-corrected chi connectivity index (χ2v) is 5.19. The van der Waals surface area contributed by atoms with Crippen molar-refractivity contribution in [3.05, 3.63) is 28.8 Å². The lowest BCUT2D eigenvalue weighted by Gasteiger charge is -2.22. The van der Waals surface area contributed by atoms with Crippen LogP contribution in [0.3, 0.4) is 0 Å². The summed E-state index contributed by atoms with van der Waals surface area (Å²) in [5.74, 6) is 0.668. The Hall–Kier alpha value is -0.730. The third-order valence-corrected chi connectivity index (χ3v) is 3.10. The lowest BCUT2D eigenvalue weighted by molar-refractivity contribution is 0.552. The third-order valence-electron chi connectivity index (χ3n) is 2.79. The van der Waals surface area contributed by atoms with E-state index in [2.05, 4.69) is 44.1 Å². The number of rotatable bonds is 6. The van der Waals surface area contributed by atoms with Gasteiger partial charge in [-0.05, 0) is 31.0 Å². The van der Waals surface area contributed by atoms with Gasteiger partial charge in [0.2, 0.25) is 0 Å². The Morgan fingerprint density at radius 1 is 1.35 bits per heavy atom. The molecule has 0 saturated carbocycles. The number of halogens is 1. The molecule has 0 heterocycles. The SMILES string of the molecule is CCN(C)c1c(Cl)cccc1CNCC(C)C. The maximum atomic E-state index is 6.28. The van der Waals surface area contributed by atoms with Crippen molar-refractivity contribution in [3.8, 4) is 0 Å². The van der Waals surface area contributed by atoms with Crippen molar-refractivity contribution in [3.63, 3.8) is 0 Å². The van der Waals surface area contributed by atoms with E-state index in [1.54, 1.807) is 0 Å². The van der Waals surface area contributed by atoms with E-state index >= 15 is 0 Å². The molecule has 96 valence electrons. The van der Waals surface area contributed by atoms with Gasteiger partial charge in [0.1, 0.15) is 0 Å². The first-order valence-electron chi connectivity index (χ1n) is 6.25. The van der Waals surface area contributed by atoms with Crippen molar-refractivity contribution in [2.75, 3.05) is 25.0 Å². The molecule has 1 N–H and O–H groups in total. The van der Waals surface area contributed by atoms with Gasteiger partial charge in [-0.15, -0.1) is 0 Å². The summed E-state index contributed by atoms with van der Waals surface area (Å²) >= 11 is 6.28. The average Bonchev–Trinajstić information content (AvgIpc) is 2.28. The molecule has 0 bridgehead atoms. The summed E-state index contributed by atoms with van der Waals surface area (Å²) in [4.78, 5) is 2.19. The first-order valence-corrected chi connectivity index (χ1v) is 6.63. The number of nitrogens with one attached hydrogen (secondary N) is 1. The summed E-state index contributed by atoms with van der Waals surface area (Å²) < 4.78 is 0. The van der Waals surface area contributed by atoms with E-state index in [-0.39, 0.29) is 0 Å². The number of hydrogen-bond acceptors (Lipinski definition) is 2. The minimum absolute atomic E-state index is 0.668. The monoisotopic (exact) mass is 254 g/mol. The third kappa shape index (κ3) is 4.21. The zero-order chi connectivity index (χ0) is 12.8. The van der Waals surface area contributed by atoms with E-state index < -0.39 is 0 Å². The van der Waals surface area contributed by atoms with Crippen LogP contribution >= 0.6 is 11.6 Å². The molecular formula is C14H23ClN2. The quantitative estimate of drug-likeness (QED) is 0.835. The summed E-state index contributed by atoms with van der Waals surface area (Å²) in [5.41, 5.74) is 2.41. The van der Waals surface area contributed by atoms with Gasteiger partial charge in [-0.1, -0.05) is 37.6 Å². The lowest BCUT2D eigenvalue weighted by atomic mass is 10.1. The highest BCUT2D eigenvalue weighted by atomic mass is 35.5. The molecule has 0 unspecified atom stereocenters. The van der Waals surface area contributed by atoms with Crippen LogP contribution in [-0.4, -0.2) is 20.1 Å². The fourth-order valence-electron chi connectivity index (χ4n) is 1.78. The lowest BCUT2D eigenvalue weighted by Crippen LogP contribution is -2.23. The number of para-hydroxylation sites is 1. The Bertz CT molecular complexity index is 350. The van der Waals surface area contributed by atoms with Crippen LogP contribution in [0.1, 0.15) is 26.3 Å². The zero-order valence-corrected chi connectivity index (χ0v) is 12.0. The Kier molecular flexibility index (Phi) is 5.79. The maximum Gasteiger partial charge on any atom is 0.0642 e. The van der Waals surface area contributed by atoms with Crippen LogP contribution in [0.15, 0.2) is 18.2 Å². The van der Waals surface area contributed by atoms with Crippen molar-refractivity contribution in [1.29, 1.82) is 0 Å². The molecule has 0 aliphatic rings. The van der Waals surface area contributed by atoms with Crippen molar-refractivity contribution < 1.29 is 0 Å². The zero-order valence-electron chi connectivity index (χ0n) is 11.3. The Labute approximate surface area is 110 Å². The van der Waals surface area contributed by atoms with E-state index in [4.69, 9.17) is 11.6 Å². The summed E-state index contributed by atoms with van der Waals surface area (Å²) in [6, 6.07) is 6.11. The molecule has 0 aliphatic heterocycles. The molecule has 3 heteroatoms. The summed E-state index contributed by atoms with van der Waals surface area (Å²) in [5, 5.41) is 4.29. The smallest absolute Gasteiger partial charge is 0.0642 e. The number of benzene rings is 1. The van der Waals surface area contributed by atoms with Crippen molar-refractivity contribution >= 4 is 17.3 Å². The van der Waals surface area contributed by atoms with E-state index in [9.17, 15) is 0 Å². The van der Waals surface area contributed by atoms with Gasteiger partial charge in [0.25, 0.3) is 0 Å². The van der Waals surface area contributed by atoms with Crippen LogP contribution in [0, 0.1) is 5.92 Å². The molecule has 0 aromatic heterocycles. The van der Waals surface area contributed by atoms with E-state index in [0.29, 0.717) is 5.92 Å². The minimum Gasteiger partial charge on any atom is -0.373 e. The molecule has 2 nitrogen and oxygen atoms in total. The molecular weight excluding hydrogens is 232 g/mol. The normalized spacial score (nSPS) is 10.9. The van der Waals surface area contributed by atoms with Crippen LogP contribution in [0.2, 0.25) is 5.02 Å². The van der Waals surface area contributed by atoms with Crippen molar-refractivity contribution in [2.24, 2.45) is 5.92 Å². The minimum atomic E-state index is 0.668. The standard InChI is InChI=1S/C14H23ClN2/c1-5-17(4)14-12(7-6-8-13(14)15)10-16-9-11(2)3/h6-8,11,16H,5,9-10H2,1-4H3. The highest BCUT2D eigenvalue weighted by Gasteiger charge is 2.10. The predicted octanol–water partition coefficient (Wildman–Crippen LogP) is 3.54. The van der Waals surface area contributed by atoms with Gasteiger partial charge in [-0.2, -0.15) is 0 Å². The van der Waals surface area contributed by atoms with Crippen molar-refractivity contribution in [1.82, 2.24) is 5.32 Å². The average molecular weight is 255 g/mol. The van der Waals surface area contributed by atoms with Gasteiger partial charge in [0.15, 0.2) is 0 Å². The molecule has 0 fully saturated rings. The van der Waals surface area contributed by atoms with Crippen molar-refractivity contribution in [2.45, 2.75) is 27.3 Å². The Morgan fingerprint density at radius 3 is 2.65 bits per heavy atom. The number of anilines is 1. The van der Waals surface area contributed by atoms with Gasteiger partial charge in [0, 0.05) is 20.1 Å². The second kappa shape index (κ2) is 6.87. The van der Waals surface area contributed by atoms with Crippen LogP contribution in [0.25, 0.3) is 0 Å². The highest BCUT2D eigenvalue weighted by molar-refractivity contribution is 6.33. The molecule has 0 atom stereocenters. The molecule has 0 aliphatic carbocycles. The maximum absolute atomic E-state index is 6.28. The van der Waals surface area contributed by atoms with E-state index in [1.807, 2.05) is 12.1 Å². The van der Waals surface area contributed by atoms with Crippen LogP contribution in [-0.2, 0) is 6.54 Å². The van der Waals surface area contributed by atoms with Gasteiger partial charge < -0.3 is 10.2 Å². The van der Waals surface area contributed by atoms with E-state index in [0.717, 1.165) is 30.3 Å². The topological polar surface area (TPSA) is 15.3 Å². The summed E-state index contributed by atoms with van der Waals surface area (Å²) in [6.07, 6.45) is 0. The number of nitrogens with zero attached hydrogens (tertiary/aromatic N) is 1. The first kappa shape index (κ1) is 14.3. The molecule has 1 rings (SSSR count). The molecule has 17 heavy (non-hydrogen) atoms. The largest absolute Gasteiger partial charge is 0.373 e. The molecule has 1 aromatic carbocycles. The van der Waals surface area contributed by atoms with Gasteiger partial charge in [0.05, 0.1) is 10.7 Å². The fraction of sp³-hybridized carbons (Fsp3) is 0.571. The Morgan fingerprint density at radius 2 is 2.06 bits per heavy atom. The molecule has 0 spiro atoms. The summed E-state index contributed by atoms with van der Waals surface area (Å²) in [6.45, 7) is 9.42. The van der Waals surface area contributed by atoms with Crippen LogP contribution in [0.5, 0.6) is 0 Å². The fourth-order valence-corrected chi connectivity index (χ4v) is 2.12. The first-order chi connectivity index (χ1) is 8.06. The second-order valence-electron chi connectivity index (χ2n) is 4.79. The van der Waals surface area contributed by atoms with Crippen LogP contribution in [0.4, 0.5) is 5.69 Å². The van der Waals surface area contributed by atoms with Crippen LogP contribution < -0.4 is 10.2 Å². The Balaban J connectivity index is 2.80.